The van der Waals surface area contributed by atoms with Crippen LogP contribution in [0, 0.1) is 23.2 Å². The number of aromatic nitrogens is 1. The van der Waals surface area contributed by atoms with E-state index in [0.717, 1.165) is 49.6 Å². The van der Waals surface area contributed by atoms with Crippen LogP contribution in [0.25, 0.3) is 11.0 Å². The van der Waals surface area contributed by atoms with Gasteiger partial charge in [0.25, 0.3) is 0 Å². The van der Waals surface area contributed by atoms with Crippen molar-refractivity contribution in [2.24, 2.45) is 11.3 Å². The predicted molar refractivity (Wildman–Crippen MR) is 136 cm³/mol. The molecule has 1 saturated carbocycles. The Morgan fingerprint density at radius 3 is 2.67 bits per heavy atom. The highest BCUT2D eigenvalue weighted by atomic mass is 16.6. The zero-order valence-corrected chi connectivity index (χ0v) is 21.9. The maximum Gasteiger partial charge on any atom is 0.410 e. The lowest BCUT2D eigenvalue weighted by Gasteiger charge is -2.33. The summed E-state index contributed by atoms with van der Waals surface area (Å²) >= 11 is 0. The van der Waals surface area contributed by atoms with Crippen LogP contribution >= 0.6 is 0 Å². The summed E-state index contributed by atoms with van der Waals surface area (Å²) in [7, 11) is 1.63. The molecule has 2 aromatic rings. The molecule has 2 aliphatic rings. The van der Waals surface area contributed by atoms with Crippen molar-refractivity contribution in [3.05, 3.63) is 23.4 Å². The quantitative estimate of drug-likeness (QED) is 0.527. The molecule has 2 heterocycles. The topological polar surface area (TPSA) is 94.3 Å². The maximum atomic E-state index is 12.3. The first-order chi connectivity index (χ1) is 17.2. The lowest BCUT2D eigenvalue weighted by Crippen LogP contribution is -2.41. The van der Waals surface area contributed by atoms with E-state index < -0.39 is 5.60 Å². The van der Waals surface area contributed by atoms with Gasteiger partial charge in [0.2, 0.25) is 0 Å². The first kappa shape index (κ1) is 26.3. The number of nitrogens with zero attached hydrogens (tertiary/aromatic N) is 2. The number of hydrogen-bond donors (Lipinski definition) is 1. The first-order valence-electron chi connectivity index (χ1n) is 12.8. The van der Waals surface area contributed by atoms with Crippen LogP contribution in [-0.2, 0) is 22.5 Å². The molecule has 196 valence electrons. The summed E-state index contributed by atoms with van der Waals surface area (Å²) < 4.78 is 22.3. The van der Waals surface area contributed by atoms with Gasteiger partial charge in [-0.2, -0.15) is 0 Å². The average Bonchev–Trinajstić information content (AvgIpc) is 3.50. The van der Waals surface area contributed by atoms with Crippen molar-refractivity contribution < 1.29 is 28.6 Å². The van der Waals surface area contributed by atoms with Crippen LogP contribution in [0.15, 0.2) is 16.7 Å². The van der Waals surface area contributed by atoms with Crippen LogP contribution in [0.3, 0.4) is 0 Å². The zero-order chi connectivity index (χ0) is 25.8. The summed E-state index contributed by atoms with van der Waals surface area (Å²) in [5.41, 5.74) is 1.51. The summed E-state index contributed by atoms with van der Waals surface area (Å²) in [6.45, 7) is 7.80. The molecule has 36 heavy (non-hydrogen) atoms. The standard InChI is InChI=1S/C28H38N2O6/c1-27(2,3)35-26(32)30-15-10-20(11-16-30)6-8-23-21-7-9-24(22(18-31)25(21)36-29-23)34-19-28(13-14-28)12-5-17-33-4/h7,9,20,31H,6,8,10-11,13-19H2,1-4H3. The fourth-order valence-corrected chi connectivity index (χ4v) is 4.60. The van der Waals surface area contributed by atoms with E-state index in [-0.39, 0.29) is 18.1 Å². The summed E-state index contributed by atoms with van der Waals surface area (Å²) in [6.07, 6.45) is 5.43. The minimum Gasteiger partial charge on any atom is -0.491 e. The highest BCUT2D eigenvalue weighted by Crippen LogP contribution is 2.45. The van der Waals surface area contributed by atoms with Gasteiger partial charge in [-0.1, -0.05) is 17.0 Å². The second-order valence-electron chi connectivity index (χ2n) is 11.0. The predicted octanol–water partition coefficient (Wildman–Crippen LogP) is 4.71. The molecule has 2 fully saturated rings. The van der Waals surface area contributed by atoms with Gasteiger partial charge in [0.05, 0.1) is 23.3 Å². The first-order valence-corrected chi connectivity index (χ1v) is 12.8. The number of aliphatic hydroxyl groups is 1. The maximum absolute atomic E-state index is 12.3. The molecule has 1 N–H and O–H groups in total. The van der Waals surface area contributed by atoms with E-state index >= 15 is 0 Å². The van der Waals surface area contributed by atoms with E-state index in [0.29, 0.717) is 49.1 Å². The van der Waals surface area contributed by atoms with Gasteiger partial charge >= 0.3 is 6.09 Å². The van der Waals surface area contributed by atoms with E-state index in [9.17, 15) is 9.90 Å². The van der Waals surface area contributed by atoms with Crippen LogP contribution < -0.4 is 4.74 Å². The van der Waals surface area contributed by atoms with E-state index in [2.05, 4.69) is 17.0 Å². The molecule has 1 aromatic carbocycles. The molecule has 4 rings (SSSR count). The Hall–Kier alpha value is -2.76. The SMILES string of the molecule is COCC#CC1(COc2ccc3c(CCC4CCN(C(=O)OC(C)(C)C)CC4)noc3c2CO)CC1. The molecule has 8 heteroatoms. The number of amides is 1. The third kappa shape index (κ3) is 6.51. The van der Waals surface area contributed by atoms with E-state index in [1.165, 1.54) is 0 Å². The Balaban J connectivity index is 1.33. The van der Waals surface area contributed by atoms with E-state index in [4.69, 9.17) is 18.7 Å². The Morgan fingerprint density at radius 1 is 1.28 bits per heavy atom. The molecule has 1 aliphatic heterocycles. The molecular weight excluding hydrogens is 460 g/mol. The number of aliphatic hydroxyl groups excluding tert-OH is 1. The van der Waals surface area contributed by atoms with Crippen molar-refractivity contribution in [1.82, 2.24) is 10.1 Å². The second kappa shape index (κ2) is 11.1. The highest BCUT2D eigenvalue weighted by Gasteiger charge is 2.42. The van der Waals surface area contributed by atoms with Crippen molar-refractivity contribution in [2.75, 3.05) is 33.4 Å². The number of fused-ring (bicyclic) bond motifs is 1. The van der Waals surface area contributed by atoms with Crippen molar-refractivity contribution in [3.63, 3.8) is 0 Å². The minimum absolute atomic E-state index is 0.119. The largest absolute Gasteiger partial charge is 0.491 e. The zero-order valence-electron chi connectivity index (χ0n) is 21.9. The molecule has 1 aliphatic carbocycles. The summed E-state index contributed by atoms with van der Waals surface area (Å²) in [4.78, 5) is 14.1. The van der Waals surface area contributed by atoms with E-state index in [1.807, 2.05) is 32.9 Å². The van der Waals surface area contributed by atoms with Crippen LogP contribution in [0.1, 0.15) is 64.1 Å². The van der Waals surface area contributed by atoms with Crippen molar-refractivity contribution >= 4 is 17.1 Å². The molecule has 8 nitrogen and oxygen atoms in total. The number of carbonyl (C=O) groups is 1. The third-order valence-electron chi connectivity index (χ3n) is 6.92. The van der Waals surface area contributed by atoms with Crippen molar-refractivity contribution in [3.8, 4) is 17.6 Å². The average molecular weight is 499 g/mol. The normalized spacial score (nSPS) is 17.5. The molecular formula is C28H38N2O6. The Labute approximate surface area is 213 Å². The number of carbonyl (C=O) groups excluding carboxylic acids is 1. The summed E-state index contributed by atoms with van der Waals surface area (Å²) in [5.74, 6) is 7.43. The molecule has 1 saturated heterocycles. The molecule has 1 amide bonds. The molecule has 1 aromatic heterocycles. The van der Waals surface area contributed by atoms with Gasteiger partial charge in [-0.15, -0.1) is 0 Å². The third-order valence-corrected chi connectivity index (χ3v) is 6.92. The van der Waals surface area contributed by atoms with Crippen molar-refractivity contribution in [2.45, 2.75) is 71.5 Å². The van der Waals surface area contributed by atoms with Gasteiger partial charge < -0.3 is 28.7 Å². The second-order valence-corrected chi connectivity index (χ2v) is 11.0. The monoisotopic (exact) mass is 498 g/mol. The Bertz CT molecular complexity index is 1110. The summed E-state index contributed by atoms with van der Waals surface area (Å²) in [5, 5.41) is 15.3. The number of ether oxygens (including phenoxy) is 3. The molecule has 0 radical (unpaired) electrons. The van der Waals surface area contributed by atoms with Gasteiger partial charge in [0.15, 0.2) is 5.58 Å². The highest BCUT2D eigenvalue weighted by molar-refractivity contribution is 5.84. The number of aryl methyl sites for hydroxylation is 1. The van der Waals surface area contributed by atoms with Crippen LogP contribution in [0.4, 0.5) is 4.79 Å². The number of hydrogen-bond acceptors (Lipinski definition) is 7. The van der Waals surface area contributed by atoms with Gasteiger partial charge in [-0.25, -0.2) is 4.79 Å². The fourth-order valence-electron chi connectivity index (χ4n) is 4.60. The van der Waals surface area contributed by atoms with E-state index in [1.54, 1.807) is 12.0 Å². The van der Waals surface area contributed by atoms with Gasteiger partial charge in [-0.3, -0.25) is 0 Å². The molecule has 0 bridgehead atoms. The lowest BCUT2D eigenvalue weighted by molar-refractivity contribution is 0.0181. The number of piperidine rings is 1. The number of rotatable bonds is 8. The number of benzene rings is 1. The van der Waals surface area contributed by atoms with Crippen molar-refractivity contribution in [1.29, 1.82) is 0 Å². The minimum atomic E-state index is -0.474. The Kier molecular flexibility index (Phi) is 8.11. The fraction of sp³-hybridized carbons (Fsp3) is 0.643. The number of methoxy groups -OCH3 is 1. The number of likely N-dealkylation sites (tertiary alicyclic amines) is 1. The lowest BCUT2D eigenvalue weighted by atomic mass is 9.91. The van der Waals surface area contributed by atoms with Crippen LogP contribution in [-0.4, -0.2) is 60.3 Å². The molecule has 0 atom stereocenters. The smallest absolute Gasteiger partial charge is 0.410 e. The van der Waals surface area contributed by atoms with Crippen LogP contribution in [0.2, 0.25) is 0 Å². The Morgan fingerprint density at radius 2 is 2.03 bits per heavy atom. The molecule has 0 spiro atoms. The molecule has 0 unspecified atom stereocenters. The van der Waals surface area contributed by atoms with Crippen LogP contribution in [0.5, 0.6) is 5.75 Å². The van der Waals surface area contributed by atoms with Gasteiger partial charge in [0, 0.05) is 25.6 Å². The van der Waals surface area contributed by atoms with Gasteiger partial charge in [0.1, 0.15) is 24.6 Å². The summed E-state index contributed by atoms with van der Waals surface area (Å²) in [6, 6.07) is 3.86. The van der Waals surface area contributed by atoms with Gasteiger partial charge in [-0.05, 0) is 77.3 Å².